The van der Waals surface area contributed by atoms with E-state index in [1.54, 1.807) is 17.3 Å². The Balaban J connectivity index is 2.19. The second kappa shape index (κ2) is 5.89. The molecule has 0 saturated heterocycles. The molecule has 1 heterocycles. The number of carbonyl (C=O) groups is 1. The van der Waals surface area contributed by atoms with Gasteiger partial charge in [-0.2, -0.15) is 0 Å². The number of hydrogen-bond acceptors (Lipinski definition) is 2. The lowest BCUT2D eigenvalue weighted by Crippen LogP contribution is -2.38. The summed E-state index contributed by atoms with van der Waals surface area (Å²) in [6.45, 7) is 4.49. The summed E-state index contributed by atoms with van der Waals surface area (Å²) in [7, 11) is 0. The molecule has 0 N–H and O–H groups in total. The van der Waals surface area contributed by atoms with Crippen molar-refractivity contribution < 1.29 is 4.79 Å². The van der Waals surface area contributed by atoms with Gasteiger partial charge in [0.15, 0.2) is 0 Å². The highest BCUT2D eigenvalue weighted by atomic mass is 35.5. The quantitative estimate of drug-likeness (QED) is 0.862. The molecule has 0 fully saturated rings. The molecule has 0 radical (unpaired) electrons. The lowest BCUT2D eigenvalue weighted by atomic mass is 10.2. The minimum atomic E-state index is -0.0903. The lowest BCUT2D eigenvalue weighted by molar-refractivity contribution is 0.181. The molecule has 0 bridgehead atoms. The SMILES string of the molecule is CC(C)N(Cc1cccc(Cl)c1)C(=O)n1ccnc1. The van der Waals surface area contributed by atoms with Gasteiger partial charge in [0.2, 0.25) is 0 Å². The summed E-state index contributed by atoms with van der Waals surface area (Å²) in [6, 6.07) is 7.54. The molecule has 2 aromatic rings. The van der Waals surface area contributed by atoms with Gasteiger partial charge < -0.3 is 4.90 Å². The summed E-state index contributed by atoms with van der Waals surface area (Å²) in [4.78, 5) is 18.0. The van der Waals surface area contributed by atoms with Crippen molar-refractivity contribution in [2.45, 2.75) is 26.4 Å². The zero-order valence-electron chi connectivity index (χ0n) is 11.0. The van der Waals surface area contributed by atoms with Crippen LogP contribution in [0.4, 0.5) is 4.79 Å². The van der Waals surface area contributed by atoms with Crippen LogP contribution in [0.2, 0.25) is 5.02 Å². The highest BCUT2D eigenvalue weighted by Gasteiger charge is 2.18. The maximum atomic E-state index is 12.4. The van der Waals surface area contributed by atoms with Gasteiger partial charge in [-0.3, -0.25) is 4.57 Å². The molecule has 4 nitrogen and oxygen atoms in total. The van der Waals surface area contributed by atoms with E-state index in [0.717, 1.165) is 5.56 Å². The topological polar surface area (TPSA) is 38.1 Å². The summed E-state index contributed by atoms with van der Waals surface area (Å²) < 4.78 is 1.48. The predicted octanol–water partition coefficient (Wildman–Crippen LogP) is 3.42. The molecule has 0 saturated carbocycles. The van der Waals surface area contributed by atoms with Gasteiger partial charge in [-0.25, -0.2) is 9.78 Å². The van der Waals surface area contributed by atoms with E-state index in [1.807, 2.05) is 38.1 Å². The first-order chi connectivity index (χ1) is 9.08. The van der Waals surface area contributed by atoms with Crippen molar-refractivity contribution in [2.75, 3.05) is 0 Å². The highest BCUT2D eigenvalue weighted by molar-refractivity contribution is 6.30. The van der Waals surface area contributed by atoms with Crippen LogP contribution in [-0.2, 0) is 6.54 Å². The largest absolute Gasteiger partial charge is 0.329 e. The van der Waals surface area contributed by atoms with Gasteiger partial charge in [0.05, 0.1) is 0 Å². The Morgan fingerprint density at radius 1 is 1.47 bits per heavy atom. The zero-order chi connectivity index (χ0) is 13.8. The maximum Gasteiger partial charge on any atom is 0.329 e. The zero-order valence-corrected chi connectivity index (χ0v) is 11.7. The number of carbonyl (C=O) groups excluding carboxylic acids is 1. The van der Waals surface area contributed by atoms with Crippen LogP contribution in [0.3, 0.4) is 0 Å². The number of amides is 1. The molecule has 0 aliphatic carbocycles. The van der Waals surface area contributed by atoms with E-state index in [9.17, 15) is 4.79 Å². The van der Waals surface area contributed by atoms with Crippen molar-refractivity contribution in [3.63, 3.8) is 0 Å². The molecule has 100 valence electrons. The van der Waals surface area contributed by atoms with Crippen molar-refractivity contribution in [3.8, 4) is 0 Å². The van der Waals surface area contributed by atoms with Crippen LogP contribution in [0.25, 0.3) is 0 Å². The van der Waals surface area contributed by atoms with Gasteiger partial charge in [0, 0.05) is 30.0 Å². The third kappa shape index (κ3) is 3.35. The normalized spacial score (nSPS) is 10.7. The van der Waals surface area contributed by atoms with Crippen molar-refractivity contribution in [1.82, 2.24) is 14.5 Å². The number of benzene rings is 1. The molecule has 0 aliphatic heterocycles. The van der Waals surface area contributed by atoms with Crippen LogP contribution < -0.4 is 0 Å². The summed E-state index contributed by atoms with van der Waals surface area (Å²) in [6.07, 6.45) is 4.75. The monoisotopic (exact) mass is 277 g/mol. The van der Waals surface area contributed by atoms with Gasteiger partial charge in [0.1, 0.15) is 6.33 Å². The number of aromatic nitrogens is 2. The summed E-state index contributed by atoms with van der Waals surface area (Å²) >= 11 is 5.97. The van der Waals surface area contributed by atoms with E-state index in [-0.39, 0.29) is 12.1 Å². The Kier molecular flexibility index (Phi) is 4.22. The number of halogens is 1. The minimum absolute atomic E-state index is 0.0903. The second-order valence-electron chi connectivity index (χ2n) is 4.60. The van der Waals surface area contributed by atoms with Crippen molar-refractivity contribution in [3.05, 3.63) is 53.6 Å². The molecule has 1 amide bonds. The van der Waals surface area contributed by atoms with Crippen LogP contribution in [-0.4, -0.2) is 26.5 Å². The van der Waals surface area contributed by atoms with E-state index < -0.39 is 0 Å². The predicted molar refractivity (Wildman–Crippen MR) is 75.2 cm³/mol. The molecule has 19 heavy (non-hydrogen) atoms. The first-order valence-corrected chi connectivity index (χ1v) is 6.49. The van der Waals surface area contributed by atoms with Gasteiger partial charge in [-0.15, -0.1) is 0 Å². The van der Waals surface area contributed by atoms with Gasteiger partial charge in [-0.05, 0) is 31.5 Å². The van der Waals surface area contributed by atoms with E-state index >= 15 is 0 Å². The number of nitrogens with zero attached hydrogens (tertiary/aromatic N) is 3. The third-order valence-electron chi connectivity index (χ3n) is 2.84. The molecule has 0 unspecified atom stereocenters. The highest BCUT2D eigenvalue weighted by Crippen LogP contribution is 2.15. The maximum absolute atomic E-state index is 12.4. The Morgan fingerprint density at radius 3 is 2.84 bits per heavy atom. The Morgan fingerprint density at radius 2 is 2.26 bits per heavy atom. The fourth-order valence-electron chi connectivity index (χ4n) is 1.82. The minimum Gasteiger partial charge on any atom is -0.317 e. The summed E-state index contributed by atoms with van der Waals surface area (Å²) in [5.41, 5.74) is 1.01. The average Bonchev–Trinajstić information content (AvgIpc) is 2.88. The van der Waals surface area contributed by atoms with Crippen LogP contribution in [0.15, 0.2) is 43.0 Å². The Bertz CT molecular complexity index is 552. The number of imidazole rings is 1. The van der Waals surface area contributed by atoms with Crippen LogP contribution in [0.5, 0.6) is 0 Å². The van der Waals surface area contributed by atoms with E-state index in [0.29, 0.717) is 11.6 Å². The fourth-order valence-corrected chi connectivity index (χ4v) is 2.04. The first kappa shape index (κ1) is 13.6. The van der Waals surface area contributed by atoms with Crippen molar-refractivity contribution >= 4 is 17.6 Å². The van der Waals surface area contributed by atoms with Crippen LogP contribution in [0, 0.1) is 0 Å². The number of hydrogen-bond donors (Lipinski definition) is 0. The van der Waals surface area contributed by atoms with E-state index in [4.69, 9.17) is 11.6 Å². The Hall–Kier alpha value is -1.81. The first-order valence-electron chi connectivity index (χ1n) is 6.11. The second-order valence-corrected chi connectivity index (χ2v) is 5.04. The lowest BCUT2D eigenvalue weighted by Gasteiger charge is -2.26. The molecule has 1 aromatic heterocycles. The number of rotatable bonds is 3. The average molecular weight is 278 g/mol. The van der Waals surface area contributed by atoms with Gasteiger partial charge in [0.25, 0.3) is 0 Å². The molecular formula is C14H16ClN3O. The van der Waals surface area contributed by atoms with Gasteiger partial charge in [-0.1, -0.05) is 23.7 Å². The van der Waals surface area contributed by atoms with E-state index in [2.05, 4.69) is 4.98 Å². The third-order valence-corrected chi connectivity index (χ3v) is 3.07. The smallest absolute Gasteiger partial charge is 0.317 e. The molecule has 5 heteroatoms. The Labute approximate surface area is 117 Å². The molecule has 0 atom stereocenters. The van der Waals surface area contributed by atoms with E-state index in [1.165, 1.54) is 10.9 Å². The summed E-state index contributed by atoms with van der Waals surface area (Å²) in [5.74, 6) is 0. The standard InChI is InChI=1S/C14H16ClN3O/c1-11(2)18(14(19)17-7-6-16-10-17)9-12-4-3-5-13(15)8-12/h3-8,10-11H,9H2,1-2H3. The van der Waals surface area contributed by atoms with Crippen LogP contribution >= 0.6 is 11.6 Å². The molecule has 0 aliphatic rings. The fraction of sp³-hybridized carbons (Fsp3) is 0.286. The molecule has 0 spiro atoms. The summed E-state index contributed by atoms with van der Waals surface area (Å²) in [5, 5.41) is 0.677. The van der Waals surface area contributed by atoms with Gasteiger partial charge >= 0.3 is 6.03 Å². The molecule has 2 rings (SSSR count). The van der Waals surface area contributed by atoms with Crippen molar-refractivity contribution in [1.29, 1.82) is 0 Å². The molecule has 1 aromatic carbocycles. The molecular weight excluding hydrogens is 262 g/mol. The van der Waals surface area contributed by atoms with Crippen molar-refractivity contribution in [2.24, 2.45) is 0 Å². The van der Waals surface area contributed by atoms with Crippen LogP contribution in [0.1, 0.15) is 19.4 Å².